The number of imidazole rings is 2. The number of nitrogen functional groups attached to an aromatic ring is 2. The molecule has 2 aliphatic heterocycles. The average molecular weight is 1280 g/mol. The number of aromatic nitrogens is 10. The highest BCUT2D eigenvalue weighted by molar-refractivity contribution is 7.66. The number of aliphatic hydroxyl groups is 5. The van der Waals surface area contributed by atoms with Crippen molar-refractivity contribution in [1.29, 1.82) is 0 Å². The quantitative estimate of drug-likeness (QED) is 0.0423. The van der Waals surface area contributed by atoms with Crippen molar-refractivity contribution in [3.8, 4) is 0 Å². The van der Waals surface area contributed by atoms with Gasteiger partial charge in [0, 0.05) is 22.8 Å². The molecule has 2 saturated heterocycles. The molecule has 0 saturated carbocycles. The number of phosphoric acid groups is 5. The summed E-state index contributed by atoms with van der Waals surface area (Å²) in [7, 11) is -30.9. The van der Waals surface area contributed by atoms with Crippen LogP contribution in [0.15, 0.2) is 36.3 Å². The number of aryl methyl sites for hydroxylation is 3. The lowest BCUT2D eigenvalue weighted by molar-refractivity contribution is -0.0503. The molecule has 0 bridgehead atoms. The highest BCUT2D eigenvalue weighted by Crippen LogP contribution is 2.66. The number of fused-ring (bicyclic) bond motifs is 2. The third-order valence-corrected chi connectivity index (χ3v) is 18.8. The summed E-state index contributed by atoms with van der Waals surface area (Å²) < 4.78 is 99.2. The van der Waals surface area contributed by atoms with E-state index in [1.165, 1.54) is 38.0 Å². The molecule has 0 spiro atoms. The maximum Gasteiger partial charge on any atom is 0.490 e. The zero-order chi connectivity index (χ0) is 59.1. The number of anilines is 2. The van der Waals surface area contributed by atoms with Gasteiger partial charge in [0.1, 0.15) is 60.3 Å². The van der Waals surface area contributed by atoms with Crippen molar-refractivity contribution >= 4 is 103 Å². The van der Waals surface area contributed by atoms with E-state index in [0.29, 0.717) is 6.42 Å². The van der Waals surface area contributed by atoms with E-state index in [1.807, 2.05) is 13.8 Å². The molecule has 8 heterocycles. The molecule has 6 aromatic heterocycles. The number of rotatable bonds is 19. The van der Waals surface area contributed by atoms with E-state index in [-0.39, 0.29) is 46.7 Å². The van der Waals surface area contributed by atoms with Gasteiger partial charge < -0.3 is 90.5 Å². The molecule has 0 aromatic carbocycles. The van der Waals surface area contributed by atoms with Crippen LogP contribution in [0, 0.1) is 13.8 Å². The smallest absolute Gasteiger partial charge is 0.396 e. The fourth-order valence-corrected chi connectivity index (χ4v) is 13.4. The first-order valence-corrected chi connectivity index (χ1v) is 32.5. The van der Waals surface area contributed by atoms with E-state index in [2.05, 4.69) is 61.9 Å². The summed E-state index contributed by atoms with van der Waals surface area (Å²) in [6, 6.07) is 0. The van der Waals surface area contributed by atoms with E-state index in [0.717, 1.165) is 35.3 Å². The Balaban J connectivity index is 0.000000215. The maximum absolute atomic E-state index is 11.8. The Morgan fingerprint density at radius 1 is 0.557 bits per heavy atom. The van der Waals surface area contributed by atoms with Gasteiger partial charge in [0.2, 0.25) is 0 Å². The van der Waals surface area contributed by atoms with Gasteiger partial charge in [-0.25, -0.2) is 62.7 Å². The van der Waals surface area contributed by atoms with Crippen LogP contribution < -0.4 is 11.5 Å². The molecule has 442 valence electrons. The van der Waals surface area contributed by atoms with Gasteiger partial charge in [0.05, 0.1) is 54.4 Å². The van der Waals surface area contributed by atoms with Crippen molar-refractivity contribution in [2.75, 3.05) is 37.4 Å². The largest absolute Gasteiger partial charge is 0.490 e. The van der Waals surface area contributed by atoms with Crippen LogP contribution in [0.5, 0.6) is 0 Å². The number of hydrogen-bond donors (Lipinski definition) is 16. The Bertz CT molecular complexity index is 3300. The Morgan fingerprint density at radius 2 is 0.949 bits per heavy atom. The molecular formula is C32H50N12O27P6S2. The Kier molecular flexibility index (Phi) is 22.9. The number of nitrogens with two attached hydrogens (primary N) is 2. The number of phosphoric ester groups is 2. The SMILES string of the molecule is Cc1ncsc1CCO.Cc1ncsc1CCP(=O)(O)O.Nc1ncnc2c1ncn2[C@@H]1O[C@H](COP(=O)(O)OP(=O)(O)O)[C@@H](O)[C@H]1O.Nc1ncnc2c1ncn2[C@@H]1O[C@H](COP(=O)(O)OP(=O)(O)OP(=O)(O)O)[C@@H](O)[C@H]1O. The predicted octanol–water partition coefficient (Wildman–Crippen LogP) is -1.22. The van der Waals surface area contributed by atoms with Crippen molar-refractivity contribution in [3.63, 3.8) is 0 Å². The predicted molar refractivity (Wildman–Crippen MR) is 265 cm³/mol. The zero-order valence-corrected chi connectivity index (χ0v) is 47.0. The van der Waals surface area contributed by atoms with Crippen LogP contribution in [-0.4, -0.2) is 181 Å². The number of hydrogen-bond acceptors (Lipinski definition) is 30. The monoisotopic (exact) mass is 1280 g/mol. The summed E-state index contributed by atoms with van der Waals surface area (Å²) in [5, 5.41) is 49.2. The van der Waals surface area contributed by atoms with Gasteiger partial charge in [-0.15, -0.1) is 22.7 Å². The van der Waals surface area contributed by atoms with Crippen LogP contribution in [0.4, 0.5) is 11.6 Å². The Hall–Kier alpha value is -3.50. The molecule has 0 amide bonds. The first-order valence-electron chi connectivity index (χ1n) is 21.4. The first-order chi connectivity index (χ1) is 36.5. The second-order valence-corrected chi connectivity index (χ2v) is 26.7. The molecule has 0 aliphatic carbocycles. The van der Waals surface area contributed by atoms with Crippen molar-refractivity contribution in [2.45, 2.75) is 75.8 Å². The van der Waals surface area contributed by atoms with E-state index < -0.39 is 109 Å². The molecule has 6 aromatic rings. The summed E-state index contributed by atoms with van der Waals surface area (Å²) in [6.45, 7) is 2.25. The lowest BCUT2D eigenvalue weighted by atomic mass is 10.1. The number of aliphatic hydroxyl groups excluding tert-OH is 5. The third kappa shape index (κ3) is 19.6. The fraction of sp³-hybridized carbons (Fsp3) is 0.500. The fourth-order valence-electron chi connectivity index (χ4n) is 6.58. The molecule has 39 nitrogen and oxygen atoms in total. The van der Waals surface area contributed by atoms with Crippen LogP contribution in [0.2, 0.25) is 0 Å². The number of thiazole rings is 2. The molecule has 18 N–H and O–H groups in total. The topological polar surface area (TPSA) is 615 Å². The van der Waals surface area contributed by atoms with Gasteiger partial charge in [-0.05, 0) is 20.3 Å². The summed E-state index contributed by atoms with van der Waals surface area (Å²) in [5.41, 5.74) is 17.5. The van der Waals surface area contributed by atoms with E-state index in [4.69, 9.17) is 60.3 Å². The van der Waals surface area contributed by atoms with Gasteiger partial charge in [0.25, 0.3) is 0 Å². The normalized spacial score (nSPS) is 23.8. The van der Waals surface area contributed by atoms with Gasteiger partial charge in [-0.3, -0.25) is 22.7 Å². The Morgan fingerprint density at radius 3 is 1.32 bits per heavy atom. The highest BCUT2D eigenvalue weighted by atomic mass is 32.1. The maximum atomic E-state index is 11.8. The number of ether oxygens (including phenoxy) is 2. The Labute approximate surface area is 449 Å². The van der Waals surface area contributed by atoms with Gasteiger partial charge in [-0.2, -0.15) is 12.9 Å². The lowest BCUT2D eigenvalue weighted by Gasteiger charge is -2.19. The molecule has 0 radical (unpaired) electrons. The minimum Gasteiger partial charge on any atom is -0.396 e. The van der Waals surface area contributed by atoms with Gasteiger partial charge >= 0.3 is 46.7 Å². The third-order valence-electron chi connectivity index (χ3n) is 10.1. The molecule has 11 atom stereocenters. The van der Waals surface area contributed by atoms with Crippen molar-refractivity contribution in [1.82, 2.24) is 49.0 Å². The van der Waals surface area contributed by atoms with Crippen LogP contribution in [0.25, 0.3) is 22.3 Å². The minimum absolute atomic E-state index is 0.0426. The van der Waals surface area contributed by atoms with Crippen LogP contribution in [-0.2, 0) is 71.7 Å². The minimum atomic E-state index is -5.70. The summed E-state index contributed by atoms with van der Waals surface area (Å²) >= 11 is 3.04. The average Bonchev–Trinajstić information content (AvgIpc) is 4.39. The van der Waals surface area contributed by atoms with Crippen molar-refractivity contribution < 1.29 is 128 Å². The molecule has 2 fully saturated rings. The second-order valence-electron chi connectivity index (χ2n) is 15.8. The molecule has 2 aliphatic rings. The zero-order valence-electron chi connectivity index (χ0n) is 40.0. The van der Waals surface area contributed by atoms with E-state index in [9.17, 15) is 57.6 Å². The second kappa shape index (κ2) is 27.3. The molecular weight excluding hydrogens is 1230 g/mol. The van der Waals surface area contributed by atoms with E-state index >= 15 is 0 Å². The molecule has 3 unspecified atom stereocenters. The van der Waals surface area contributed by atoms with Crippen molar-refractivity contribution in [3.05, 3.63) is 57.5 Å². The molecule has 47 heteroatoms. The number of nitrogens with zero attached hydrogens (tertiary/aromatic N) is 10. The molecule has 8 rings (SSSR count). The standard InChI is InChI=1S/C10H16N5O13P3.C10H15N5O10P2.C6H10NO3PS.C6H9NOS/c11-8-5-9(13-2-12-8)15(3-14-5)10-7(17)6(16)4(26-10)1-25-30(21,22)28-31(23,24)27-29(18,19)20;11-8-5-9(13-2-12-8)15(3-14-5)10-7(17)6(16)4(24-10)1-23-27(21,22)25-26(18,19)20;1-5-6(12-4-7-5)2-3-11(8,9)10;1-5-6(2-3-8)9-4-7-5/h2-4,6-7,10,16-17H,1H2,(H,21,22)(H,23,24)(H2,11,12,13)(H2,18,19,20);2-4,6-7,10,16-17H,1H2,(H,21,22)(H2,11,12,13)(H2,18,19,20);4H,2-3H2,1H3,(H2,8,9,10);4,8H,2-3H2,1H3/t2*4-,6-,7-,10-;;/m11../s1. The molecule has 79 heavy (non-hydrogen) atoms. The van der Waals surface area contributed by atoms with Crippen molar-refractivity contribution in [2.24, 2.45) is 0 Å². The summed E-state index contributed by atoms with van der Waals surface area (Å²) in [5.74, 6) is 0.128. The van der Waals surface area contributed by atoms with Gasteiger partial charge in [0.15, 0.2) is 35.4 Å². The summed E-state index contributed by atoms with van der Waals surface area (Å²) in [6.07, 6.45) is -5.81. The van der Waals surface area contributed by atoms with E-state index in [1.54, 1.807) is 22.4 Å². The van der Waals surface area contributed by atoms with Crippen LogP contribution in [0.1, 0.15) is 33.6 Å². The van der Waals surface area contributed by atoms with Crippen LogP contribution >= 0.6 is 69.4 Å². The highest BCUT2D eigenvalue weighted by Gasteiger charge is 2.48. The lowest BCUT2D eigenvalue weighted by Crippen LogP contribution is -2.33. The van der Waals surface area contributed by atoms with Crippen LogP contribution in [0.3, 0.4) is 0 Å². The first kappa shape index (κ1) is 66.3. The summed E-state index contributed by atoms with van der Waals surface area (Å²) in [4.78, 5) is 113. The van der Waals surface area contributed by atoms with Gasteiger partial charge in [-0.1, -0.05) is 0 Å².